The molecule has 1 aromatic rings. The summed E-state index contributed by atoms with van der Waals surface area (Å²) in [5, 5.41) is 18.5. The third kappa shape index (κ3) is 3.73. The molecule has 1 aliphatic rings. The van der Waals surface area contributed by atoms with E-state index < -0.39 is 5.97 Å². The van der Waals surface area contributed by atoms with Crippen LogP contribution in [0, 0.1) is 0 Å². The van der Waals surface area contributed by atoms with Gasteiger partial charge in [-0.05, 0) is 43.7 Å². The van der Waals surface area contributed by atoms with Crippen LogP contribution in [0.5, 0.6) is 0 Å². The summed E-state index contributed by atoms with van der Waals surface area (Å²) in [6.45, 7) is 5.05. The molecular weight excluding hydrogens is 268 g/mol. The summed E-state index contributed by atoms with van der Waals surface area (Å²) in [7, 11) is 0. The number of hydrogen-bond donors (Lipinski definition) is 2. The van der Waals surface area contributed by atoms with E-state index in [9.17, 15) is 15.0 Å². The van der Waals surface area contributed by atoms with Crippen molar-refractivity contribution in [2.24, 2.45) is 0 Å². The van der Waals surface area contributed by atoms with E-state index in [1.165, 1.54) is 0 Å². The summed E-state index contributed by atoms with van der Waals surface area (Å²) < 4.78 is 0. The average molecular weight is 292 g/mol. The Kier molecular flexibility index (Phi) is 5.17. The van der Waals surface area contributed by atoms with Crippen LogP contribution in [0.2, 0.25) is 0 Å². The molecule has 21 heavy (non-hydrogen) atoms. The Hall–Kier alpha value is -1.62. The lowest BCUT2D eigenvalue weighted by molar-refractivity contribution is 0.0696. The van der Waals surface area contributed by atoms with Crippen LogP contribution >= 0.6 is 0 Å². The fourth-order valence-electron chi connectivity index (χ4n) is 2.85. The maximum Gasteiger partial charge on any atom is 0.335 e. The number of aliphatic hydroxyl groups excluding tert-OH is 1. The van der Waals surface area contributed by atoms with Gasteiger partial charge in [0.2, 0.25) is 0 Å². The molecule has 0 bridgehead atoms. The van der Waals surface area contributed by atoms with Gasteiger partial charge in [0.15, 0.2) is 0 Å². The lowest BCUT2D eigenvalue weighted by Gasteiger charge is -2.37. The molecule has 0 radical (unpaired) electrons. The van der Waals surface area contributed by atoms with E-state index in [1.54, 1.807) is 12.1 Å². The summed E-state index contributed by atoms with van der Waals surface area (Å²) in [5.41, 5.74) is 1.09. The van der Waals surface area contributed by atoms with Crippen LogP contribution in [0.25, 0.3) is 0 Å². The van der Waals surface area contributed by atoms with Crippen LogP contribution in [-0.2, 0) is 0 Å². The Balaban J connectivity index is 2.38. The Morgan fingerprint density at radius 3 is 2.81 bits per heavy atom. The monoisotopic (exact) mass is 292 g/mol. The molecule has 1 saturated heterocycles. The normalized spacial score (nSPS) is 19.0. The molecule has 1 unspecified atom stereocenters. The Bertz CT molecular complexity index is 500. The first-order chi connectivity index (χ1) is 10.0. The Morgan fingerprint density at radius 1 is 1.43 bits per heavy atom. The lowest BCUT2D eigenvalue weighted by atomic mass is 9.99. The van der Waals surface area contributed by atoms with Crippen molar-refractivity contribution in [1.82, 2.24) is 4.98 Å². The van der Waals surface area contributed by atoms with E-state index >= 15 is 0 Å². The predicted octanol–water partition coefficient (Wildman–Crippen LogP) is 2.64. The van der Waals surface area contributed by atoms with E-state index in [4.69, 9.17) is 0 Å². The number of aromatic carboxylic acids is 1. The third-order valence-corrected chi connectivity index (χ3v) is 4.05. The van der Waals surface area contributed by atoms with Gasteiger partial charge in [-0.1, -0.05) is 13.8 Å². The second kappa shape index (κ2) is 6.89. The van der Waals surface area contributed by atoms with Gasteiger partial charge in [-0.3, -0.25) is 0 Å². The molecule has 5 nitrogen and oxygen atoms in total. The third-order valence-electron chi connectivity index (χ3n) is 4.05. The van der Waals surface area contributed by atoms with E-state index in [2.05, 4.69) is 9.88 Å². The minimum atomic E-state index is -0.920. The molecule has 1 atom stereocenters. The van der Waals surface area contributed by atoms with Crippen LogP contribution in [0.15, 0.2) is 12.1 Å². The van der Waals surface area contributed by atoms with Crippen molar-refractivity contribution < 1.29 is 15.0 Å². The van der Waals surface area contributed by atoms with Gasteiger partial charge in [0, 0.05) is 24.9 Å². The molecule has 1 fully saturated rings. The van der Waals surface area contributed by atoms with Gasteiger partial charge < -0.3 is 15.1 Å². The highest BCUT2D eigenvalue weighted by Crippen LogP contribution is 2.27. The number of hydrogen-bond acceptors (Lipinski definition) is 4. The quantitative estimate of drug-likeness (QED) is 0.872. The van der Waals surface area contributed by atoms with Crippen LogP contribution in [-0.4, -0.2) is 40.4 Å². The van der Waals surface area contributed by atoms with E-state index in [1.807, 2.05) is 13.8 Å². The minimum absolute atomic E-state index is 0.150. The maximum atomic E-state index is 11.3. The number of carbonyl (C=O) groups is 1. The van der Waals surface area contributed by atoms with E-state index in [-0.39, 0.29) is 24.1 Å². The topological polar surface area (TPSA) is 73.7 Å². The SMILES string of the molecule is CC(C)c1cc(C(=O)O)cc(N2CCCCC2CCO)n1. The molecular formula is C16H24N2O3. The van der Waals surface area contributed by atoms with Crippen molar-refractivity contribution in [2.45, 2.75) is 51.5 Å². The van der Waals surface area contributed by atoms with Crippen molar-refractivity contribution in [3.05, 3.63) is 23.4 Å². The highest BCUT2D eigenvalue weighted by atomic mass is 16.4. The second-order valence-corrected chi connectivity index (χ2v) is 5.95. The zero-order chi connectivity index (χ0) is 15.4. The van der Waals surface area contributed by atoms with Gasteiger partial charge in [0.1, 0.15) is 5.82 Å². The van der Waals surface area contributed by atoms with E-state index in [0.717, 1.165) is 37.3 Å². The van der Waals surface area contributed by atoms with Crippen molar-refractivity contribution in [3.8, 4) is 0 Å². The molecule has 0 amide bonds. The molecule has 2 rings (SSSR count). The van der Waals surface area contributed by atoms with Gasteiger partial charge in [0.25, 0.3) is 0 Å². The first kappa shape index (κ1) is 15.8. The summed E-state index contributed by atoms with van der Waals surface area (Å²) in [4.78, 5) is 18.1. The lowest BCUT2D eigenvalue weighted by Crippen LogP contribution is -2.40. The summed E-state index contributed by atoms with van der Waals surface area (Å²) in [5.74, 6) is -0.00264. The number of aliphatic hydroxyl groups is 1. The van der Waals surface area contributed by atoms with Crippen molar-refractivity contribution in [1.29, 1.82) is 0 Å². The van der Waals surface area contributed by atoms with Crippen molar-refractivity contribution in [3.63, 3.8) is 0 Å². The van der Waals surface area contributed by atoms with Gasteiger partial charge in [-0.25, -0.2) is 9.78 Å². The second-order valence-electron chi connectivity index (χ2n) is 5.95. The number of carboxylic acids is 1. The molecule has 1 aromatic heterocycles. The largest absolute Gasteiger partial charge is 0.478 e. The minimum Gasteiger partial charge on any atom is -0.478 e. The zero-order valence-electron chi connectivity index (χ0n) is 12.7. The fourth-order valence-corrected chi connectivity index (χ4v) is 2.85. The molecule has 0 aromatic carbocycles. The highest BCUT2D eigenvalue weighted by Gasteiger charge is 2.24. The summed E-state index contributed by atoms with van der Waals surface area (Å²) >= 11 is 0. The molecule has 0 saturated carbocycles. The summed E-state index contributed by atoms with van der Waals surface area (Å²) in [6, 6.07) is 3.56. The standard InChI is InChI=1S/C16H24N2O3/c1-11(2)14-9-12(16(20)21)10-15(17-14)18-7-4-3-5-13(18)6-8-19/h9-11,13,19H,3-8H2,1-2H3,(H,20,21). The smallest absolute Gasteiger partial charge is 0.335 e. The Labute approximate surface area is 125 Å². The van der Waals surface area contributed by atoms with Crippen LogP contribution in [0.3, 0.4) is 0 Å². The van der Waals surface area contributed by atoms with Crippen molar-refractivity contribution in [2.75, 3.05) is 18.1 Å². The average Bonchev–Trinajstić information content (AvgIpc) is 2.47. The fraction of sp³-hybridized carbons (Fsp3) is 0.625. The van der Waals surface area contributed by atoms with Gasteiger partial charge >= 0.3 is 5.97 Å². The van der Waals surface area contributed by atoms with Gasteiger partial charge in [-0.2, -0.15) is 0 Å². The zero-order valence-corrected chi connectivity index (χ0v) is 12.7. The predicted molar refractivity (Wildman–Crippen MR) is 82.0 cm³/mol. The molecule has 2 N–H and O–H groups in total. The number of nitrogens with zero attached hydrogens (tertiary/aromatic N) is 2. The maximum absolute atomic E-state index is 11.3. The number of pyridine rings is 1. The van der Waals surface area contributed by atoms with Gasteiger partial charge in [0.05, 0.1) is 5.56 Å². The number of anilines is 1. The summed E-state index contributed by atoms with van der Waals surface area (Å²) in [6.07, 6.45) is 3.96. The molecule has 116 valence electrons. The molecule has 2 heterocycles. The first-order valence-corrected chi connectivity index (χ1v) is 7.65. The number of rotatable bonds is 5. The molecule has 0 aliphatic carbocycles. The first-order valence-electron chi connectivity index (χ1n) is 7.65. The molecule has 1 aliphatic heterocycles. The van der Waals surface area contributed by atoms with Crippen LogP contribution in [0.4, 0.5) is 5.82 Å². The van der Waals surface area contributed by atoms with Crippen molar-refractivity contribution >= 4 is 11.8 Å². The van der Waals surface area contributed by atoms with Crippen LogP contribution in [0.1, 0.15) is 61.5 Å². The van der Waals surface area contributed by atoms with Gasteiger partial charge in [-0.15, -0.1) is 0 Å². The number of carboxylic acid groups (broad SMARTS) is 1. The number of aromatic nitrogens is 1. The van der Waals surface area contributed by atoms with E-state index in [0.29, 0.717) is 6.42 Å². The molecule has 5 heteroatoms. The number of piperidine rings is 1. The highest BCUT2D eigenvalue weighted by molar-refractivity contribution is 5.88. The Morgan fingerprint density at radius 2 is 2.19 bits per heavy atom. The van der Waals surface area contributed by atoms with Crippen LogP contribution < -0.4 is 4.90 Å². The molecule has 0 spiro atoms.